The topological polar surface area (TPSA) is 46.3 Å². The quantitative estimate of drug-likeness (QED) is 0.542. The minimum absolute atomic E-state index is 0.669. The van der Waals surface area contributed by atoms with Crippen LogP contribution in [0, 0.1) is 6.92 Å². The summed E-state index contributed by atoms with van der Waals surface area (Å²) in [5.41, 5.74) is 6.13. The lowest BCUT2D eigenvalue weighted by Gasteiger charge is -2.32. The maximum atomic E-state index is 4.87. The van der Waals surface area contributed by atoms with Crippen molar-refractivity contribution in [3.8, 4) is 11.4 Å². The van der Waals surface area contributed by atoms with Gasteiger partial charge in [0.2, 0.25) is 0 Å². The molecular formula is C23H23N5. The molecule has 0 radical (unpaired) electrons. The van der Waals surface area contributed by atoms with E-state index < -0.39 is 0 Å². The van der Waals surface area contributed by atoms with Gasteiger partial charge in [0.15, 0.2) is 5.82 Å². The Morgan fingerprint density at radius 1 is 0.929 bits per heavy atom. The van der Waals surface area contributed by atoms with Crippen molar-refractivity contribution in [2.24, 2.45) is 0 Å². The normalized spacial score (nSPS) is 13.7. The first kappa shape index (κ1) is 16.9. The van der Waals surface area contributed by atoms with Crippen molar-refractivity contribution >= 4 is 11.6 Å². The maximum Gasteiger partial charge on any atom is 0.254 e. The van der Waals surface area contributed by atoms with Gasteiger partial charge >= 0.3 is 0 Å². The lowest BCUT2D eigenvalue weighted by Crippen LogP contribution is -2.33. The summed E-state index contributed by atoms with van der Waals surface area (Å²) in [6.07, 6.45) is 1.96. The minimum Gasteiger partial charge on any atom is -0.351 e. The molecule has 5 nitrogen and oxygen atoms in total. The summed E-state index contributed by atoms with van der Waals surface area (Å²) in [7, 11) is 0. The molecule has 0 spiro atoms. The largest absolute Gasteiger partial charge is 0.351 e. The number of hydrogen-bond donors (Lipinski definition) is 0. The Morgan fingerprint density at radius 2 is 1.68 bits per heavy atom. The van der Waals surface area contributed by atoms with Gasteiger partial charge < -0.3 is 4.90 Å². The average Bonchev–Trinajstić information content (AvgIpc) is 3.16. The third-order valence-electron chi connectivity index (χ3n) is 5.58. The first-order valence-electron chi connectivity index (χ1n) is 9.88. The zero-order valence-corrected chi connectivity index (χ0v) is 16.3. The fourth-order valence-electron chi connectivity index (χ4n) is 4.15. The predicted molar refractivity (Wildman–Crippen MR) is 112 cm³/mol. The van der Waals surface area contributed by atoms with Crippen molar-refractivity contribution in [1.82, 2.24) is 19.6 Å². The maximum absolute atomic E-state index is 4.87. The van der Waals surface area contributed by atoms with Crippen molar-refractivity contribution in [2.45, 2.75) is 33.2 Å². The number of fused-ring (bicyclic) bond motifs is 2. The zero-order valence-electron chi connectivity index (χ0n) is 16.3. The molecule has 0 bridgehead atoms. The van der Waals surface area contributed by atoms with E-state index in [1.54, 1.807) is 0 Å². The molecule has 0 saturated carbocycles. The molecule has 1 aliphatic heterocycles. The van der Waals surface area contributed by atoms with Crippen molar-refractivity contribution in [1.29, 1.82) is 0 Å². The minimum atomic E-state index is 0.669. The van der Waals surface area contributed by atoms with Crippen LogP contribution in [-0.2, 0) is 19.4 Å². The SMILES string of the molecule is CCc1c(C)nc2nc(-c3ccccc3)nn2c1N1CCc2ccccc2C1. The van der Waals surface area contributed by atoms with Gasteiger partial charge in [-0.3, -0.25) is 0 Å². The monoisotopic (exact) mass is 369 g/mol. The van der Waals surface area contributed by atoms with Crippen LogP contribution in [0.4, 0.5) is 5.82 Å². The molecule has 140 valence electrons. The highest BCUT2D eigenvalue weighted by molar-refractivity contribution is 5.61. The summed E-state index contributed by atoms with van der Waals surface area (Å²) in [5, 5.41) is 4.87. The van der Waals surface area contributed by atoms with Gasteiger partial charge in [-0.1, -0.05) is 61.5 Å². The molecule has 5 rings (SSSR count). The summed E-state index contributed by atoms with van der Waals surface area (Å²) in [6.45, 7) is 6.13. The molecule has 3 heterocycles. The van der Waals surface area contributed by atoms with Crippen LogP contribution >= 0.6 is 0 Å². The van der Waals surface area contributed by atoms with Crippen molar-refractivity contribution in [3.05, 3.63) is 77.0 Å². The molecule has 2 aromatic carbocycles. The standard InChI is InChI=1S/C23H23N5/c1-3-20-16(2)24-23-25-21(18-10-5-4-6-11-18)26-28(23)22(20)27-14-13-17-9-7-8-12-19(17)15-27/h4-12H,3,13-15H2,1-2H3. The first-order valence-corrected chi connectivity index (χ1v) is 9.88. The van der Waals surface area contributed by atoms with E-state index in [4.69, 9.17) is 15.1 Å². The van der Waals surface area contributed by atoms with Crippen LogP contribution in [0.3, 0.4) is 0 Å². The number of nitrogens with zero attached hydrogens (tertiary/aromatic N) is 5. The number of aryl methyl sites for hydroxylation is 1. The second-order valence-corrected chi connectivity index (χ2v) is 7.31. The first-order chi connectivity index (χ1) is 13.7. The van der Waals surface area contributed by atoms with Crippen LogP contribution in [-0.4, -0.2) is 26.1 Å². The van der Waals surface area contributed by atoms with E-state index >= 15 is 0 Å². The lowest BCUT2D eigenvalue weighted by molar-refractivity contribution is 0.694. The molecule has 0 N–H and O–H groups in total. The van der Waals surface area contributed by atoms with Gasteiger partial charge in [0.1, 0.15) is 5.82 Å². The van der Waals surface area contributed by atoms with Gasteiger partial charge in [-0.05, 0) is 30.9 Å². The van der Waals surface area contributed by atoms with E-state index in [9.17, 15) is 0 Å². The average molecular weight is 369 g/mol. The Morgan fingerprint density at radius 3 is 2.46 bits per heavy atom. The zero-order chi connectivity index (χ0) is 19.1. The molecule has 0 atom stereocenters. The van der Waals surface area contributed by atoms with E-state index in [0.29, 0.717) is 5.78 Å². The third-order valence-corrected chi connectivity index (χ3v) is 5.58. The molecule has 2 aromatic heterocycles. The van der Waals surface area contributed by atoms with Gasteiger partial charge in [0, 0.05) is 29.9 Å². The van der Waals surface area contributed by atoms with Gasteiger partial charge in [-0.15, -0.1) is 5.10 Å². The highest BCUT2D eigenvalue weighted by Gasteiger charge is 2.24. The van der Waals surface area contributed by atoms with E-state index in [1.807, 2.05) is 34.8 Å². The number of benzene rings is 2. The van der Waals surface area contributed by atoms with Gasteiger partial charge in [0.25, 0.3) is 5.78 Å². The Bertz CT molecular complexity index is 1150. The van der Waals surface area contributed by atoms with Gasteiger partial charge in [-0.2, -0.15) is 9.50 Å². The molecule has 5 heteroatoms. The summed E-state index contributed by atoms with van der Waals surface area (Å²) in [4.78, 5) is 11.9. The second-order valence-electron chi connectivity index (χ2n) is 7.31. The van der Waals surface area contributed by atoms with Crippen LogP contribution in [0.2, 0.25) is 0 Å². The summed E-state index contributed by atoms with van der Waals surface area (Å²) in [5.74, 6) is 2.52. The smallest absolute Gasteiger partial charge is 0.254 e. The summed E-state index contributed by atoms with van der Waals surface area (Å²) < 4.78 is 1.95. The third kappa shape index (κ3) is 2.74. The van der Waals surface area contributed by atoms with Crippen LogP contribution in [0.1, 0.15) is 29.3 Å². The number of rotatable bonds is 3. The van der Waals surface area contributed by atoms with Crippen LogP contribution in [0.25, 0.3) is 17.2 Å². The Kier molecular flexibility index (Phi) is 4.08. The fourth-order valence-corrected chi connectivity index (χ4v) is 4.15. The highest BCUT2D eigenvalue weighted by atomic mass is 15.4. The Hall–Kier alpha value is -3.21. The highest BCUT2D eigenvalue weighted by Crippen LogP contribution is 2.30. The van der Waals surface area contributed by atoms with Crippen molar-refractivity contribution in [2.75, 3.05) is 11.4 Å². The molecule has 4 aromatic rings. The predicted octanol–water partition coefficient (Wildman–Crippen LogP) is 4.22. The summed E-state index contributed by atoms with van der Waals surface area (Å²) in [6, 6.07) is 18.8. The Labute approximate surface area is 164 Å². The van der Waals surface area contributed by atoms with Crippen LogP contribution in [0.5, 0.6) is 0 Å². The number of hydrogen-bond acceptors (Lipinski definition) is 4. The Balaban J connectivity index is 1.67. The van der Waals surface area contributed by atoms with E-state index in [1.165, 1.54) is 16.7 Å². The van der Waals surface area contributed by atoms with Gasteiger partial charge in [-0.25, -0.2) is 4.98 Å². The molecule has 28 heavy (non-hydrogen) atoms. The van der Waals surface area contributed by atoms with Gasteiger partial charge in [0.05, 0.1) is 0 Å². The van der Waals surface area contributed by atoms with Crippen molar-refractivity contribution in [3.63, 3.8) is 0 Å². The molecular weight excluding hydrogens is 346 g/mol. The molecule has 0 unspecified atom stereocenters. The van der Waals surface area contributed by atoms with Crippen LogP contribution in [0.15, 0.2) is 54.6 Å². The van der Waals surface area contributed by atoms with E-state index in [0.717, 1.165) is 48.8 Å². The summed E-state index contributed by atoms with van der Waals surface area (Å²) >= 11 is 0. The fraction of sp³-hybridized carbons (Fsp3) is 0.261. The lowest BCUT2D eigenvalue weighted by atomic mass is 9.99. The molecule has 0 aliphatic carbocycles. The number of anilines is 1. The number of aromatic nitrogens is 4. The second kappa shape index (κ2) is 6.75. The molecule has 0 amide bonds. The van der Waals surface area contributed by atoms with E-state index in [2.05, 4.69) is 43.0 Å². The molecule has 1 aliphatic rings. The molecule has 0 saturated heterocycles. The van der Waals surface area contributed by atoms with E-state index in [-0.39, 0.29) is 0 Å². The molecule has 0 fully saturated rings. The van der Waals surface area contributed by atoms with Crippen molar-refractivity contribution < 1.29 is 0 Å². The van der Waals surface area contributed by atoms with Crippen LogP contribution < -0.4 is 4.90 Å².